The van der Waals surface area contributed by atoms with Gasteiger partial charge in [-0.05, 0) is 19.3 Å². The van der Waals surface area contributed by atoms with E-state index in [2.05, 4.69) is 13.5 Å². The van der Waals surface area contributed by atoms with Crippen LogP contribution in [0.3, 0.4) is 0 Å². The van der Waals surface area contributed by atoms with Crippen LogP contribution in [-0.2, 0) is 14.3 Å². The van der Waals surface area contributed by atoms with Crippen molar-refractivity contribution in [2.75, 3.05) is 25.6 Å². The summed E-state index contributed by atoms with van der Waals surface area (Å²) in [6.45, 7) is 6.15. The zero-order chi connectivity index (χ0) is 19.9. The highest BCUT2D eigenvalue weighted by Gasteiger charge is 2.10. The molecule has 6 heteroatoms. The lowest BCUT2D eigenvalue weighted by Gasteiger charge is -2.06. The maximum Gasteiger partial charge on any atom is 0.267 e. The van der Waals surface area contributed by atoms with Crippen molar-refractivity contribution in [3.8, 4) is 0 Å². The predicted octanol–water partition coefficient (Wildman–Crippen LogP) is 5.52. The molecule has 0 amide bonds. The van der Waals surface area contributed by atoms with Crippen molar-refractivity contribution in [3.63, 3.8) is 0 Å². The fourth-order valence-corrected chi connectivity index (χ4v) is 3.43. The van der Waals surface area contributed by atoms with E-state index in [0.29, 0.717) is 26.0 Å². The van der Waals surface area contributed by atoms with Crippen LogP contribution in [0, 0.1) is 0 Å². The molecule has 0 aromatic carbocycles. The molecule has 0 aliphatic heterocycles. The molecule has 0 spiro atoms. The quantitative estimate of drug-likeness (QED) is 0.188. The molecule has 0 fully saturated rings. The van der Waals surface area contributed by atoms with Crippen LogP contribution in [0.5, 0.6) is 0 Å². The van der Waals surface area contributed by atoms with Crippen LogP contribution in [0.4, 0.5) is 4.39 Å². The SMILES string of the molecule is C=CCN.CCCCCCCCCCCOS(=O)(=O)CCCCCCF. The fraction of sp³-hybridized carbons (Fsp3) is 0.900. The topological polar surface area (TPSA) is 69.4 Å². The van der Waals surface area contributed by atoms with Crippen LogP contribution in [0.25, 0.3) is 0 Å². The highest BCUT2D eigenvalue weighted by molar-refractivity contribution is 7.86. The molecule has 0 aromatic heterocycles. The number of alkyl halides is 1. The Morgan fingerprint density at radius 1 is 0.885 bits per heavy atom. The first-order valence-corrected chi connectivity index (χ1v) is 11.9. The molecule has 0 bridgehead atoms. The van der Waals surface area contributed by atoms with E-state index < -0.39 is 10.1 Å². The Labute approximate surface area is 161 Å². The first-order chi connectivity index (χ1) is 12.5. The second kappa shape index (κ2) is 22.6. The van der Waals surface area contributed by atoms with Crippen LogP contribution >= 0.6 is 0 Å². The van der Waals surface area contributed by atoms with Crippen molar-refractivity contribution in [3.05, 3.63) is 12.7 Å². The van der Waals surface area contributed by atoms with Gasteiger partial charge in [-0.1, -0.05) is 77.2 Å². The van der Waals surface area contributed by atoms with Gasteiger partial charge in [-0.15, -0.1) is 6.58 Å². The summed E-state index contributed by atoms with van der Waals surface area (Å²) in [4.78, 5) is 0. The standard InChI is InChI=1S/C17H35FO3S.C3H7N/c1-2-3-4-5-6-7-8-10-13-16-21-22(19,20)17-14-11-9-12-15-18;1-2-3-4/h2-17H2,1H3;2H,1,3-4H2. The van der Waals surface area contributed by atoms with Crippen LogP contribution < -0.4 is 5.73 Å². The van der Waals surface area contributed by atoms with Crippen molar-refractivity contribution in [1.29, 1.82) is 0 Å². The summed E-state index contributed by atoms with van der Waals surface area (Å²) in [6.07, 6.45) is 15.1. The Hall–Kier alpha value is -0.460. The van der Waals surface area contributed by atoms with Crippen molar-refractivity contribution in [2.24, 2.45) is 5.73 Å². The van der Waals surface area contributed by atoms with Crippen LogP contribution in [0.2, 0.25) is 0 Å². The average molecular weight is 396 g/mol. The van der Waals surface area contributed by atoms with E-state index in [4.69, 9.17) is 9.92 Å². The lowest BCUT2D eigenvalue weighted by molar-refractivity contribution is 0.305. The molecule has 26 heavy (non-hydrogen) atoms. The Kier molecular flexibility index (Phi) is 24.1. The Bertz CT molecular complexity index is 375. The second-order valence-electron chi connectivity index (χ2n) is 6.54. The maximum absolute atomic E-state index is 11.9. The highest BCUT2D eigenvalue weighted by Crippen LogP contribution is 2.10. The minimum absolute atomic E-state index is 0.0662. The van der Waals surface area contributed by atoms with Gasteiger partial charge in [-0.25, -0.2) is 0 Å². The van der Waals surface area contributed by atoms with Gasteiger partial charge in [0.2, 0.25) is 0 Å². The largest absolute Gasteiger partial charge is 0.327 e. The third-order valence-corrected chi connectivity index (χ3v) is 5.27. The Balaban J connectivity index is 0. The normalized spacial score (nSPS) is 11.0. The molecular weight excluding hydrogens is 353 g/mol. The molecule has 0 saturated carbocycles. The summed E-state index contributed by atoms with van der Waals surface area (Å²) in [5, 5.41) is 0. The molecule has 0 radical (unpaired) electrons. The van der Waals surface area contributed by atoms with Gasteiger partial charge in [0.05, 0.1) is 19.0 Å². The van der Waals surface area contributed by atoms with E-state index in [1.165, 1.54) is 44.9 Å². The van der Waals surface area contributed by atoms with E-state index in [1.54, 1.807) is 6.08 Å². The molecule has 0 rings (SSSR count). The number of nitrogens with two attached hydrogens (primary N) is 1. The number of halogens is 1. The lowest BCUT2D eigenvalue weighted by Crippen LogP contribution is -2.11. The molecule has 158 valence electrons. The summed E-state index contributed by atoms with van der Waals surface area (Å²) in [5.41, 5.74) is 4.91. The number of unbranched alkanes of at least 4 members (excludes halogenated alkanes) is 11. The van der Waals surface area contributed by atoms with Crippen LogP contribution in [-0.4, -0.2) is 34.0 Å². The minimum atomic E-state index is -3.37. The first kappa shape index (κ1) is 27.8. The maximum atomic E-state index is 11.9. The summed E-state index contributed by atoms with van der Waals surface area (Å²) in [5.74, 6) is 0.0662. The van der Waals surface area contributed by atoms with Crippen LogP contribution in [0.15, 0.2) is 12.7 Å². The Morgan fingerprint density at radius 2 is 1.35 bits per heavy atom. The molecule has 0 aromatic rings. The van der Waals surface area contributed by atoms with Gasteiger partial charge in [0, 0.05) is 6.54 Å². The molecule has 0 aliphatic carbocycles. The van der Waals surface area contributed by atoms with E-state index >= 15 is 0 Å². The average Bonchev–Trinajstić information content (AvgIpc) is 2.63. The lowest BCUT2D eigenvalue weighted by atomic mass is 10.1. The molecule has 0 atom stereocenters. The fourth-order valence-electron chi connectivity index (χ4n) is 2.38. The molecule has 4 nitrogen and oxygen atoms in total. The number of hydrogen-bond acceptors (Lipinski definition) is 4. The summed E-state index contributed by atoms with van der Waals surface area (Å²) >= 11 is 0. The number of rotatable bonds is 18. The number of hydrogen-bond donors (Lipinski definition) is 1. The van der Waals surface area contributed by atoms with Gasteiger partial charge >= 0.3 is 0 Å². The van der Waals surface area contributed by atoms with Crippen molar-refractivity contribution in [2.45, 2.75) is 90.4 Å². The second-order valence-corrected chi connectivity index (χ2v) is 8.30. The zero-order valence-electron chi connectivity index (χ0n) is 16.9. The molecular formula is C20H42FNO3S. The molecule has 0 aliphatic rings. The Morgan fingerprint density at radius 3 is 1.85 bits per heavy atom. The molecule has 0 heterocycles. The van der Waals surface area contributed by atoms with Crippen molar-refractivity contribution in [1.82, 2.24) is 0 Å². The monoisotopic (exact) mass is 395 g/mol. The van der Waals surface area contributed by atoms with E-state index in [1.807, 2.05) is 0 Å². The minimum Gasteiger partial charge on any atom is -0.327 e. The molecule has 0 unspecified atom stereocenters. The third kappa shape index (κ3) is 25.8. The van der Waals surface area contributed by atoms with Gasteiger partial charge in [-0.3, -0.25) is 8.57 Å². The van der Waals surface area contributed by atoms with Gasteiger partial charge < -0.3 is 5.73 Å². The first-order valence-electron chi connectivity index (χ1n) is 10.3. The summed E-state index contributed by atoms with van der Waals surface area (Å²) in [6, 6.07) is 0. The van der Waals surface area contributed by atoms with Crippen LogP contribution in [0.1, 0.15) is 90.4 Å². The smallest absolute Gasteiger partial charge is 0.267 e. The molecule has 2 N–H and O–H groups in total. The van der Waals surface area contributed by atoms with Gasteiger partial charge in [0.15, 0.2) is 0 Å². The third-order valence-electron chi connectivity index (χ3n) is 3.96. The zero-order valence-corrected chi connectivity index (χ0v) is 17.7. The van der Waals surface area contributed by atoms with E-state index in [9.17, 15) is 12.8 Å². The van der Waals surface area contributed by atoms with Crippen molar-refractivity contribution < 1.29 is 17.0 Å². The summed E-state index contributed by atoms with van der Waals surface area (Å²) in [7, 11) is -3.37. The highest BCUT2D eigenvalue weighted by atomic mass is 32.2. The molecule has 0 saturated heterocycles. The van der Waals surface area contributed by atoms with Gasteiger partial charge in [0.1, 0.15) is 0 Å². The van der Waals surface area contributed by atoms with E-state index in [0.717, 1.165) is 25.7 Å². The van der Waals surface area contributed by atoms with E-state index in [-0.39, 0.29) is 12.4 Å². The van der Waals surface area contributed by atoms with Gasteiger partial charge in [0.25, 0.3) is 10.1 Å². The van der Waals surface area contributed by atoms with Gasteiger partial charge in [-0.2, -0.15) is 8.42 Å². The predicted molar refractivity (Wildman–Crippen MR) is 111 cm³/mol. The van der Waals surface area contributed by atoms with Crippen molar-refractivity contribution >= 4 is 10.1 Å². The summed E-state index contributed by atoms with van der Waals surface area (Å²) < 4.78 is 40.1.